The Kier molecular flexibility index (Phi) is 4.40. The van der Waals surface area contributed by atoms with Crippen molar-refractivity contribution in [2.24, 2.45) is 5.92 Å². The number of nitrogens with zero attached hydrogens (tertiary/aromatic N) is 1. The van der Waals surface area contributed by atoms with Crippen LogP contribution in [0.15, 0.2) is 0 Å². The molecule has 0 aliphatic carbocycles. The zero-order valence-corrected chi connectivity index (χ0v) is 9.55. The maximum atomic E-state index is 11.2. The Labute approximate surface area is 81.1 Å². The van der Waals surface area contributed by atoms with Crippen molar-refractivity contribution in [3.63, 3.8) is 0 Å². The molecule has 0 amide bonds. The summed E-state index contributed by atoms with van der Waals surface area (Å²) in [7, 11) is 5.47. The molecule has 0 spiro atoms. The van der Waals surface area contributed by atoms with Gasteiger partial charge in [0.15, 0.2) is 0 Å². The summed E-state index contributed by atoms with van der Waals surface area (Å²) in [6.07, 6.45) is 0.812. The van der Waals surface area contributed by atoms with Crippen LogP contribution in [0, 0.1) is 5.92 Å². The number of ether oxygens (including phenoxy) is 1. The van der Waals surface area contributed by atoms with Crippen molar-refractivity contribution in [1.82, 2.24) is 4.90 Å². The molecule has 0 N–H and O–H groups in total. The first-order valence-electron chi connectivity index (χ1n) is 4.56. The molecule has 0 saturated heterocycles. The number of methoxy groups -OCH3 is 1. The second kappa shape index (κ2) is 4.61. The van der Waals surface area contributed by atoms with E-state index in [9.17, 15) is 4.79 Å². The van der Waals surface area contributed by atoms with Gasteiger partial charge < -0.3 is 9.64 Å². The lowest BCUT2D eigenvalue weighted by molar-refractivity contribution is -0.145. The summed E-state index contributed by atoms with van der Waals surface area (Å²) in [5.74, 6) is -0.169. The first-order valence-corrected chi connectivity index (χ1v) is 4.56. The molecule has 0 heterocycles. The van der Waals surface area contributed by atoms with Crippen molar-refractivity contribution < 1.29 is 9.53 Å². The molecule has 78 valence electrons. The summed E-state index contributed by atoms with van der Waals surface area (Å²) in [6.45, 7) is 6.13. The second-order valence-corrected chi connectivity index (χ2v) is 4.34. The molecule has 3 heteroatoms. The van der Waals surface area contributed by atoms with Gasteiger partial charge in [0.1, 0.15) is 0 Å². The molecule has 0 aliphatic heterocycles. The smallest absolute Gasteiger partial charge is 0.308 e. The predicted molar refractivity (Wildman–Crippen MR) is 53.6 cm³/mol. The summed E-state index contributed by atoms with van der Waals surface area (Å²) >= 11 is 0. The Balaban J connectivity index is 4.19. The highest BCUT2D eigenvalue weighted by molar-refractivity contribution is 5.71. The Morgan fingerprint density at radius 1 is 1.46 bits per heavy atom. The van der Waals surface area contributed by atoms with Gasteiger partial charge in [-0.3, -0.25) is 4.79 Å². The largest absolute Gasteiger partial charge is 0.469 e. The number of hydrogen-bond acceptors (Lipinski definition) is 3. The molecule has 1 unspecified atom stereocenters. The highest BCUT2D eigenvalue weighted by Crippen LogP contribution is 2.21. The molecule has 3 nitrogen and oxygen atoms in total. The molecular weight excluding hydrogens is 166 g/mol. The third-order valence-corrected chi connectivity index (χ3v) is 2.62. The average Bonchev–Trinajstić information content (AvgIpc) is 2.01. The van der Waals surface area contributed by atoms with E-state index in [-0.39, 0.29) is 17.4 Å². The van der Waals surface area contributed by atoms with Crippen molar-refractivity contribution >= 4 is 5.97 Å². The summed E-state index contributed by atoms with van der Waals surface area (Å²) < 4.78 is 4.68. The molecular formula is C10H21NO2. The van der Waals surface area contributed by atoms with Crippen LogP contribution < -0.4 is 0 Å². The van der Waals surface area contributed by atoms with E-state index in [4.69, 9.17) is 0 Å². The number of rotatable bonds is 4. The molecule has 0 aromatic rings. The van der Waals surface area contributed by atoms with Gasteiger partial charge in [-0.2, -0.15) is 0 Å². The van der Waals surface area contributed by atoms with Crippen molar-refractivity contribution in [2.45, 2.75) is 32.7 Å². The van der Waals surface area contributed by atoms with E-state index in [1.54, 1.807) is 0 Å². The lowest BCUT2D eigenvalue weighted by Gasteiger charge is -2.34. The number of carbonyl (C=O) groups excluding carboxylic acids is 1. The van der Waals surface area contributed by atoms with Gasteiger partial charge in [0, 0.05) is 5.54 Å². The third kappa shape index (κ3) is 3.77. The lowest BCUT2D eigenvalue weighted by atomic mass is 9.91. The van der Waals surface area contributed by atoms with Gasteiger partial charge in [-0.15, -0.1) is 0 Å². The van der Waals surface area contributed by atoms with Gasteiger partial charge in [0.05, 0.1) is 13.0 Å². The van der Waals surface area contributed by atoms with Gasteiger partial charge in [0.2, 0.25) is 0 Å². The van der Waals surface area contributed by atoms with Crippen LogP contribution in [0.1, 0.15) is 27.2 Å². The van der Waals surface area contributed by atoms with Crippen molar-refractivity contribution in [3.05, 3.63) is 0 Å². The van der Waals surface area contributed by atoms with Crippen LogP contribution in [-0.2, 0) is 9.53 Å². The standard InChI is InChI=1S/C10H21NO2/c1-8(9(12)13-6)7-10(2,3)11(4)5/h8H,7H2,1-6H3. The molecule has 0 saturated carbocycles. The van der Waals surface area contributed by atoms with Crippen molar-refractivity contribution in [3.8, 4) is 0 Å². The van der Waals surface area contributed by atoms with E-state index in [1.807, 2.05) is 21.0 Å². The van der Waals surface area contributed by atoms with Gasteiger partial charge >= 0.3 is 5.97 Å². The monoisotopic (exact) mass is 187 g/mol. The molecule has 13 heavy (non-hydrogen) atoms. The molecule has 0 aliphatic rings. The zero-order valence-electron chi connectivity index (χ0n) is 9.55. The molecule has 0 rings (SSSR count). The third-order valence-electron chi connectivity index (χ3n) is 2.62. The highest BCUT2D eigenvalue weighted by atomic mass is 16.5. The second-order valence-electron chi connectivity index (χ2n) is 4.34. The summed E-state index contributed by atoms with van der Waals surface area (Å²) in [4.78, 5) is 13.3. The Bertz CT molecular complexity index is 176. The maximum Gasteiger partial charge on any atom is 0.308 e. The molecule has 1 atom stereocenters. The molecule has 0 fully saturated rings. The van der Waals surface area contributed by atoms with Crippen LogP contribution in [-0.4, -0.2) is 37.6 Å². The van der Waals surface area contributed by atoms with Gasteiger partial charge in [-0.05, 0) is 34.4 Å². The van der Waals surface area contributed by atoms with Crippen LogP contribution in [0.5, 0.6) is 0 Å². The van der Waals surface area contributed by atoms with E-state index >= 15 is 0 Å². The van der Waals surface area contributed by atoms with E-state index in [0.29, 0.717) is 0 Å². The molecule has 0 aromatic carbocycles. The minimum Gasteiger partial charge on any atom is -0.469 e. The van der Waals surface area contributed by atoms with Gasteiger partial charge in [-0.1, -0.05) is 6.92 Å². The Morgan fingerprint density at radius 2 is 1.92 bits per heavy atom. The summed E-state index contributed by atoms with van der Waals surface area (Å²) in [5, 5.41) is 0. The fourth-order valence-electron chi connectivity index (χ4n) is 1.22. The van der Waals surface area contributed by atoms with Crippen molar-refractivity contribution in [1.29, 1.82) is 0 Å². The quantitative estimate of drug-likeness (QED) is 0.625. The lowest BCUT2D eigenvalue weighted by Crippen LogP contribution is -2.40. The van der Waals surface area contributed by atoms with Crippen LogP contribution in [0.25, 0.3) is 0 Å². The first-order chi connectivity index (χ1) is 5.81. The molecule has 0 radical (unpaired) electrons. The van der Waals surface area contributed by atoms with E-state index in [2.05, 4.69) is 23.5 Å². The minimum atomic E-state index is -0.130. The fourth-order valence-corrected chi connectivity index (χ4v) is 1.22. The number of hydrogen-bond donors (Lipinski definition) is 0. The average molecular weight is 187 g/mol. The van der Waals surface area contributed by atoms with Crippen LogP contribution in [0.4, 0.5) is 0 Å². The SMILES string of the molecule is COC(=O)C(C)CC(C)(C)N(C)C. The van der Waals surface area contributed by atoms with Gasteiger partial charge in [0.25, 0.3) is 0 Å². The molecule has 0 aromatic heterocycles. The zero-order chi connectivity index (χ0) is 10.6. The topological polar surface area (TPSA) is 29.5 Å². The van der Waals surface area contributed by atoms with Crippen LogP contribution in [0.3, 0.4) is 0 Å². The first kappa shape index (κ1) is 12.4. The minimum absolute atomic E-state index is 0.0353. The fraction of sp³-hybridized carbons (Fsp3) is 0.900. The van der Waals surface area contributed by atoms with Crippen molar-refractivity contribution in [2.75, 3.05) is 21.2 Å². The maximum absolute atomic E-state index is 11.2. The summed E-state index contributed by atoms with van der Waals surface area (Å²) in [5.41, 5.74) is 0.0353. The highest BCUT2D eigenvalue weighted by Gasteiger charge is 2.26. The summed E-state index contributed by atoms with van der Waals surface area (Å²) in [6, 6.07) is 0. The van der Waals surface area contributed by atoms with Crippen LogP contribution >= 0.6 is 0 Å². The van der Waals surface area contributed by atoms with E-state index < -0.39 is 0 Å². The van der Waals surface area contributed by atoms with E-state index in [0.717, 1.165) is 6.42 Å². The van der Waals surface area contributed by atoms with E-state index in [1.165, 1.54) is 7.11 Å². The number of carbonyl (C=O) groups is 1. The van der Waals surface area contributed by atoms with Gasteiger partial charge in [-0.25, -0.2) is 0 Å². The Hall–Kier alpha value is -0.570. The normalized spacial score (nSPS) is 14.4. The predicted octanol–water partition coefficient (Wildman–Crippen LogP) is 1.53. The number of esters is 1. The molecule has 0 bridgehead atoms. The Morgan fingerprint density at radius 3 is 2.23 bits per heavy atom. The van der Waals surface area contributed by atoms with Crippen LogP contribution in [0.2, 0.25) is 0 Å².